The predicted octanol–water partition coefficient (Wildman–Crippen LogP) is 3.15. The summed E-state index contributed by atoms with van der Waals surface area (Å²) in [5.41, 5.74) is 1.56. The highest BCUT2D eigenvalue weighted by Gasteiger charge is 2.17. The molecule has 2 rings (SSSR count). The molecule has 3 nitrogen and oxygen atoms in total. The van der Waals surface area contributed by atoms with Crippen LogP contribution in [0.5, 0.6) is 0 Å². The van der Waals surface area contributed by atoms with Gasteiger partial charge in [0.05, 0.1) is 6.04 Å². The smallest absolute Gasteiger partial charge is 0.159 e. The first-order valence-corrected chi connectivity index (χ1v) is 6.58. The largest absolute Gasteiger partial charge is 0.304 e. The highest BCUT2D eigenvalue weighted by atomic mass is 19.2. The molecule has 1 aromatic heterocycles. The summed E-state index contributed by atoms with van der Waals surface area (Å²) in [5.74, 6) is -1.17. The van der Waals surface area contributed by atoms with Gasteiger partial charge in [-0.1, -0.05) is 13.0 Å². The molecule has 106 valence electrons. The van der Waals surface area contributed by atoms with Crippen LogP contribution in [-0.2, 0) is 0 Å². The SMILES string of the molecule is CCCNC(c1ccc(F)c(F)c1)c1ncc(C)cn1. The van der Waals surface area contributed by atoms with Crippen molar-refractivity contribution >= 4 is 0 Å². The van der Waals surface area contributed by atoms with Crippen molar-refractivity contribution in [3.8, 4) is 0 Å². The van der Waals surface area contributed by atoms with Crippen molar-refractivity contribution in [1.29, 1.82) is 0 Å². The second-order valence-electron chi connectivity index (χ2n) is 4.68. The summed E-state index contributed by atoms with van der Waals surface area (Å²) in [4.78, 5) is 8.54. The lowest BCUT2D eigenvalue weighted by molar-refractivity contribution is 0.501. The average Bonchev–Trinajstić information content (AvgIpc) is 2.45. The van der Waals surface area contributed by atoms with Crippen molar-refractivity contribution < 1.29 is 8.78 Å². The fraction of sp³-hybridized carbons (Fsp3) is 0.333. The molecule has 0 radical (unpaired) electrons. The van der Waals surface area contributed by atoms with Crippen molar-refractivity contribution in [2.24, 2.45) is 0 Å². The Bertz CT molecular complexity index is 570. The maximum Gasteiger partial charge on any atom is 0.159 e. The van der Waals surface area contributed by atoms with Gasteiger partial charge in [-0.05, 0) is 43.1 Å². The Morgan fingerprint density at radius 1 is 1.15 bits per heavy atom. The molecule has 1 unspecified atom stereocenters. The number of aryl methyl sites for hydroxylation is 1. The molecular weight excluding hydrogens is 260 g/mol. The molecule has 0 aliphatic carbocycles. The molecule has 0 spiro atoms. The first kappa shape index (κ1) is 14.5. The maximum absolute atomic E-state index is 13.4. The van der Waals surface area contributed by atoms with Crippen molar-refractivity contribution in [1.82, 2.24) is 15.3 Å². The molecule has 1 atom stereocenters. The predicted molar refractivity (Wildman–Crippen MR) is 73.3 cm³/mol. The number of nitrogens with zero attached hydrogens (tertiary/aromatic N) is 2. The number of aromatic nitrogens is 2. The summed E-state index contributed by atoms with van der Waals surface area (Å²) in [6.07, 6.45) is 4.34. The summed E-state index contributed by atoms with van der Waals surface area (Å²) in [7, 11) is 0. The molecular formula is C15H17F2N3. The van der Waals surface area contributed by atoms with Crippen LogP contribution in [0.4, 0.5) is 8.78 Å². The zero-order valence-electron chi connectivity index (χ0n) is 11.5. The standard InChI is InChI=1S/C15H17F2N3/c1-3-6-18-14(15-19-8-10(2)9-20-15)11-4-5-12(16)13(17)7-11/h4-5,7-9,14,18H,3,6H2,1-2H3. The summed E-state index contributed by atoms with van der Waals surface area (Å²) in [6.45, 7) is 4.67. The minimum absolute atomic E-state index is 0.342. The van der Waals surface area contributed by atoms with E-state index in [4.69, 9.17) is 0 Å². The monoisotopic (exact) mass is 277 g/mol. The van der Waals surface area contributed by atoms with E-state index in [0.29, 0.717) is 11.4 Å². The van der Waals surface area contributed by atoms with Gasteiger partial charge in [0.25, 0.3) is 0 Å². The summed E-state index contributed by atoms with van der Waals surface area (Å²) >= 11 is 0. The topological polar surface area (TPSA) is 37.8 Å². The highest BCUT2D eigenvalue weighted by Crippen LogP contribution is 2.21. The van der Waals surface area contributed by atoms with Crippen LogP contribution < -0.4 is 5.32 Å². The van der Waals surface area contributed by atoms with Crippen LogP contribution in [0.1, 0.15) is 36.3 Å². The van der Waals surface area contributed by atoms with Crippen molar-refractivity contribution in [2.75, 3.05) is 6.54 Å². The summed E-state index contributed by atoms with van der Waals surface area (Å²) in [5, 5.41) is 3.25. The Morgan fingerprint density at radius 2 is 1.85 bits per heavy atom. The van der Waals surface area contributed by atoms with Gasteiger partial charge < -0.3 is 5.32 Å². The number of benzene rings is 1. The fourth-order valence-corrected chi connectivity index (χ4v) is 1.89. The molecule has 0 aliphatic rings. The second-order valence-corrected chi connectivity index (χ2v) is 4.68. The lowest BCUT2D eigenvalue weighted by Gasteiger charge is -2.17. The molecule has 1 N–H and O–H groups in total. The Kier molecular flexibility index (Phi) is 4.74. The van der Waals surface area contributed by atoms with Crippen molar-refractivity contribution in [3.63, 3.8) is 0 Å². The average molecular weight is 277 g/mol. The lowest BCUT2D eigenvalue weighted by Crippen LogP contribution is -2.25. The van der Waals surface area contributed by atoms with E-state index in [1.54, 1.807) is 18.5 Å². The number of hydrogen-bond acceptors (Lipinski definition) is 3. The van der Waals surface area contributed by atoms with Crippen LogP contribution >= 0.6 is 0 Å². The lowest BCUT2D eigenvalue weighted by atomic mass is 10.1. The molecule has 1 aromatic carbocycles. The zero-order chi connectivity index (χ0) is 14.5. The third kappa shape index (κ3) is 3.36. The van der Waals surface area contributed by atoms with Crippen LogP contribution in [0.25, 0.3) is 0 Å². The molecule has 0 saturated heterocycles. The third-order valence-electron chi connectivity index (χ3n) is 2.93. The van der Waals surface area contributed by atoms with E-state index in [0.717, 1.165) is 24.6 Å². The van der Waals surface area contributed by atoms with Gasteiger partial charge in [-0.3, -0.25) is 0 Å². The second kappa shape index (κ2) is 6.52. The van der Waals surface area contributed by atoms with Gasteiger partial charge in [-0.25, -0.2) is 18.7 Å². The number of hydrogen-bond donors (Lipinski definition) is 1. The van der Waals surface area contributed by atoms with E-state index < -0.39 is 11.6 Å². The quantitative estimate of drug-likeness (QED) is 0.912. The van der Waals surface area contributed by atoms with E-state index in [-0.39, 0.29) is 6.04 Å². The number of rotatable bonds is 5. The number of nitrogens with one attached hydrogen (secondary N) is 1. The van der Waals surface area contributed by atoms with Crippen molar-refractivity contribution in [2.45, 2.75) is 26.3 Å². The Morgan fingerprint density at radius 3 is 2.45 bits per heavy atom. The molecule has 0 aliphatic heterocycles. The molecule has 1 heterocycles. The van der Waals surface area contributed by atoms with Crippen LogP contribution in [0.2, 0.25) is 0 Å². The normalized spacial score (nSPS) is 12.4. The summed E-state index contributed by atoms with van der Waals surface area (Å²) in [6, 6.07) is 3.52. The third-order valence-corrected chi connectivity index (χ3v) is 2.93. The van der Waals surface area contributed by atoms with Gasteiger partial charge in [0.15, 0.2) is 11.6 Å². The first-order valence-electron chi connectivity index (χ1n) is 6.58. The maximum atomic E-state index is 13.4. The van der Waals surface area contributed by atoms with E-state index >= 15 is 0 Å². The summed E-state index contributed by atoms with van der Waals surface area (Å²) < 4.78 is 26.4. The molecule has 0 amide bonds. The minimum atomic E-state index is -0.863. The van der Waals surface area contributed by atoms with Crippen LogP contribution in [0.3, 0.4) is 0 Å². The first-order chi connectivity index (χ1) is 9.61. The molecule has 0 bridgehead atoms. The Labute approximate surface area is 117 Å². The fourth-order valence-electron chi connectivity index (χ4n) is 1.89. The molecule has 5 heteroatoms. The molecule has 20 heavy (non-hydrogen) atoms. The minimum Gasteiger partial charge on any atom is -0.304 e. The van der Waals surface area contributed by atoms with Crippen LogP contribution in [-0.4, -0.2) is 16.5 Å². The van der Waals surface area contributed by atoms with Gasteiger partial charge in [0.2, 0.25) is 0 Å². The zero-order valence-corrected chi connectivity index (χ0v) is 11.5. The number of halogens is 2. The van der Waals surface area contributed by atoms with Gasteiger partial charge in [-0.15, -0.1) is 0 Å². The van der Waals surface area contributed by atoms with E-state index in [1.807, 2.05) is 13.8 Å². The highest BCUT2D eigenvalue weighted by molar-refractivity contribution is 5.26. The van der Waals surface area contributed by atoms with E-state index in [2.05, 4.69) is 15.3 Å². The molecule has 2 aromatic rings. The molecule has 0 saturated carbocycles. The van der Waals surface area contributed by atoms with Crippen molar-refractivity contribution in [3.05, 3.63) is 59.2 Å². The van der Waals surface area contributed by atoms with Gasteiger partial charge in [0, 0.05) is 12.4 Å². The van der Waals surface area contributed by atoms with Gasteiger partial charge >= 0.3 is 0 Å². The van der Waals surface area contributed by atoms with Gasteiger partial charge in [0.1, 0.15) is 5.82 Å². The van der Waals surface area contributed by atoms with Gasteiger partial charge in [-0.2, -0.15) is 0 Å². The van der Waals surface area contributed by atoms with E-state index in [1.165, 1.54) is 6.07 Å². The van der Waals surface area contributed by atoms with Crippen LogP contribution in [0, 0.1) is 18.6 Å². The van der Waals surface area contributed by atoms with Crippen LogP contribution in [0.15, 0.2) is 30.6 Å². The Hall–Kier alpha value is -1.88. The molecule has 0 fully saturated rings. The van der Waals surface area contributed by atoms with E-state index in [9.17, 15) is 8.78 Å². The Balaban J connectivity index is 2.35.